The summed E-state index contributed by atoms with van der Waals surface area (Å²) in [6.45, 7) is 36.1. The predicted molar refractivity (Wildman–Crippen MR) is 289 cm³/mol. The van der Waals surface area contributed by atoms with E-state index in [0.717, 1.165) is 11.2 Å². The van der Waals surface area contributed by atoms with Gasteiger partial charge in [0, 0.05) is 33.8 Å². The Bertz CT molecular complexity index is 3010. The van der Waals surface area contributed by atoms with E-state index >= 15 is 0 Å². The molecule has 0 spiro atoms. The van der Waals surface area contributed by atoms with Crippen molar-refractivity contribution in [1.29, 1.82) is 0 Å². The molecule has 4 heteroatoms. The largest absolute Gasteiger partial charge is 0.468 e. The summed E-state index contributed by atoms with van der Waals surface area (Å²) in [5.41, 5.74) is 24.2. The molecule has 67 heavy (non-hydrogen) atoms. The number of fused-ring (bicyclic) bond motifs is 8. The molecule has 5 aliphatic rings. The summed E-state index contributed by atoms with van der Waals surface area (Å²) in [6, 6.07) is 32.6. The summed E-state index contributed by atoms with van der Waals surface area (Å²) in [4.78, 5) is 5.37. The van der Waals surface area contributed by atoms with Crippen LogP contribution in [0, 0.1) is 6.92 Å². The zero-order valence-electron chi connectivity index (χ0n) is 43.8. The van der Waals surface area contributed by atoms with Crippen molar-refractivity contribution >= 4 is 68.4 Å². The fourth-order valence-electron chi connectivity index (χ4n) is 13.3. The average molecular weight is 889 g/mol. The van der Waals surface area contributed by atoms with Gasteiger partial charge in [-0.2, -0.15) is 0 Å². The van der Waals surface area contributed by atoms with Crippen molar-refractivity contribution in [1.82, 2.24) is 0 Å². The highest BCUT2D eigenvalue weighted by Gasteiger charge is 2.49. The molecule has 1 aromatic heterocycles. The molecule has 0 amide bonds. The Kier molecular flexibility index (Phi) is 9.80. The fraction of sp³-hybridized carbons (Fsp3) is 0.492. The molecule has 0 unspecified atom stereocenters. The molecule has 0 N–H and O–H groups in total. The van der Waals surface area contributed by atoms with E-state index in [4.69, 9.17) is 4.42 Å². The zero-order chi connectivity index (χ0) is 47.5. The molecule has 2 aliphatic heterocycles. The lowest BCUT2D eigenvalue weighted by Crippen LogP contribution is -2.61. The molecule has 1 saturated carbocycles. The first-order valence-electron chi connectivity index (χ1n) is 26.2. The van der Waals surface area contributed by atoms with Gasteiger partial charge in [-0.1, -0.05) is 147 Å². The molecule has 0 bridgehead atoms. The topological polar surface area (TPSA) is 19.6 Å². The number of benzene rings is 5. The third-order valence-corrected chi connectivity index (χ3v) is 18.0. The SMILES string of the molecule is Cc1cc(C(C)(C)C)ccc1N1c2ccc(C(C)(C)C)cc2B2c3oc4cc5c(cc4c3N(c3ccc4c(c3)C(C)(C)CCC4(C)C)c3cc(C4CCCCC4)cc1c32)C(C)(C)CCC5(C)C. The minimum atomic E-state index is -0.0854. The van der Waals surface area contributed by atoms with E-state index < -0.39 is 0 Å². The molecule has 0 atom stereocenters. The highest BCUT2D eigenvalue weighted by Crippen LogP contribution is 2.54. The van der Waals surface area contributed by atoms with E-state index in [9.17, 15) is 0 Å². The Labute approximate surface area is 404 Å². The first-order valence-corrected chi connectivity index (χ1v) is 26.2. The van der Waals surface area contributed by atoms with Crippen molar-refractivity contribution in [3.63, 3.8) is 0 Å². The summed E-state index contributed by atoms with van der Waals surface area (Å²) in [6.07, 6.45) is 11.1. The molecule has 3 heterocycles. The van der Waals surface area contributed by atoms with Crippen molar-refractivity contribution in [2.24, 2.45) is 0 Å². The molecule has 0 saturated heterocycles. The third kappa shape index (κ3) is 6.94. The Hall–Kier alpha value is -4.70. The molecule has 5 aromatic carbocycles. The van der Waals surface area contributed by atoms with E-state index in [-0.39, 0.29) is 39.2 Å². The summed E-state index contributed by atoms with van der Waals surface area (Å²) in [5.74, 6) is 0.521. The van der Waals surface area contributed by atoms with Crippen molar-refractivity contribution < 1.29 is 4.42 Å². The van der Waals surface area contributed by atoms with Gasteiger partial charge in [0.05, 0.1) is 11.3 Å². The highest BCUT2D eigenvalue weighted by atomic mass is 16.3. The normalized spacial score (nSPS) is 20.3. The number of furan rings is 1. The van der Waals surface area contributed by atoms with Crippen LogP contribution in [-0.4, -0.2) is 6.71 Å². The number of nitrogens with zero attached hydrogens (tertiary/aromatic N) is 2. The Morgan fingerprint density at radius 1 is 0.537 bits per heavy atom. The zero-order valence-corrected chi connectivity index (χ0v) is 43.8. The van der Waals surface area contributed by atoms with E-state index in [1.54, 1.807) is 0 Å². The smallest absolute Gasteiger partial charge is 0.297 e. The van der Waals surface area contributed by atoms with Crippen LogP contribution in [-0.2, 0) is 32.5 Å². The molecule has 11 rings (SSSR count). The van der Waals surface area contributed by atoms with E-state index in [2.05, 4.69) is 193 Å². The van der Waals surface area contributed by atoms with E-state index in [1.165, 1.54) is 153 Å². The molecular formula is C63H77BN2O. The Morgan fingerprint density at radius 2 is 1.07 bits per heavy atom. The maximum absolute atomic E-state index is 7.69. The van der Waals surface area contributed by atoms with Crippen LogP contribution >= 0.6 is 0 Å². The monoisotopic (exact) mass is 889 g/mol. The second-order valence-electron chi connectivity index (χ2n) is 26.7. The minimum Gasteiger partial charge on any atom is -0.468 e. The number of hydrogen-bond acceptors (Lipinski definition) is 3. The molecule has 3 nitrogen and oxygen atoms in total. The summed E-state index contributed by atoms with van der Waals surface area (Å²) in [5, 5.41) is 1.25. The molecule has 0 radical (unpaired) electrons. The van der Waals surface area contributed by atoms with Crippen LogP contribution in [0.25, 0.3) is 11.0 Å². The maximum Gasteiger partial charge on any atom is 0.297 e. The standard InChI is InChI=1S/C63H77BN2O/c1-38-31-41(58(2,3)4)21-25-50(38)66-51-26-22-42(59(5,6)7)34-49(51)64-55-52(32-40(33-53(55)66)39-19-17-16-18-20-39)65(43-23-24-45-46(35-43)61(10,11)28-27-60(45,8)9)56-44-36-47-48(37-54(44)67-57(56)64)63(14,15)30-29-62(47,12)13/h21-26,31-37,39H,16-20,27-30H2,1-15H3. The van der Waals surface area contributed by atoms with Gasteiger partial charge < -0.3 is 14.2 Å². The highest BCUT2D eigenvalue weighted by molar-refractivity contribution is 7.00. The van der Waals surface area contributed by atoms with Crippen molar-refractivity contribution in [2.75, 3.05) is 9.80 Å². The van der Waals surface area contributed by atoms with Crippen LogP contribution in [0.1, 0.15) is 205 Å². The van der Waals surface area contributed by atoms with Crippen LogP contribution < -0.4 is 26.4 Å². The second-order valence-corrected chi connectivity index (χ2v) is 26.7. The van der Waals surface area contributed by atoms with Gasteiger partial charge in [-0.15, -0.1) is 0 Å². The number of anilines is 6. The third-order valence-electron chi connectivity index (χ3n) is 18.0. The minimum absolute atomic E-state index is 0.0323. The maximum atomic E-state index is 7.69. The van der Waals surface area contributed by atoms with E-state index in [0.29, 0.717) is 5.92 Å². The Morgan fingerprint density at radius 3 is 1.67 bits per heavy atom. The quantitative estimate of drug-likeness (QED) is 0.165. The van der Waals surface area contributed by atoms with Gasteiger partial charge in [0.2, 0.25) is 0 Å². The Balaban J connectivity index is 1.29. The van der Waals surface area contributed by atoms with Crippen molar-refractivity contribution in [2.45, 2.75) is 200 Å². The lowest BCUT2D eigenvalue weighted by Gasteiger charge is -2.45. The number of hydrogen-bond donors (Lipinski definition) is 0. The summed E-state index contributed by atoms with van der Waals surface area (Å²) >= 11 is 0. The molecule has 348 valence electrons. The van der Waals surface area contributed by atoms with Crippen LogP contribution in [0.2, 0.25) is 0 Å². The summed E-state index contributed by atoms with van der Waals surface area (Å²) in [7, 11) is 0. The number of aryl methyl sites for hydroxylation is 1. The van der Waals surface area contributed by atoms with Crippen LogP contribution in [0.4, 0.5) is 34.1 Å². The molecular weight excluding hydrogens is 812 g/mol. The van der Waals surface area contributed by atoms with E-state index in [1.807, 2.05) is 0 Å². The van der Waals surface area contributed by atoms with Gasteiger partial charge in [-0.3, -0.25) is 0 Å². The van der Waals surface area contributed by atoms with Crippen LogP contribution in [0.15, 0.2) is 83.3 Å². The fourth-order valence-corrected chi connectivity index (χ4v) is 13.3. The molecule has 1 fully saturated rings. The first-order chi connectivity index (χ1) is 31.4. The second kappa shape index (κ2) is 14.7. The lowest BCUT2D eigenvalue weighted by atomic mass is 9.35. The van der Waals surface area contributed by atoms with Crippen molar-refractivity contribution in [3.05, 3.63) is 123 Å². The van der Waals surface area contributed by atoms with Crippen LogP contribution in [0.3, 0.4) is 0 Å². The van der Waals surface area contributed by atoms with Gasteiger partial charge in [0.1, 0.15) is 5.58 Å². The van der Waals surface area contributed by atoms with Crippen LogP contribution in [0.5, 0.6) is 0 Å². The number of rotatable bonds is 3. The van der Waals surface area contributed by atoms with Crippen molar-refractivity contribution in [3.8, 4) is 0 Å². The van der Waals surface area contributed by atoms with Gasteiger partial charge >= 0.3 is 0 Å². The molecule has 3 aliphatic carbocycles. The van der Waals surface area contributed by atoms with Gasteiger partial charge in [-0.25, -0.2) is 0 Å². The first kappa shape index (κ1) is 44.8. The van der Waals surface area contributed by atoms with Gasteiger partial charge in [0.15, 0.2) is 0 Å². The lowest BCUT2D eigenvalue weighted by molar-refractivity contribution is 0.332. The molecule has 6 aromatic rings. The van der Waals surface area contributed by atoms with Gasteiger partial charge in [-0.05, 0) is 188 Å². The summed E-state index contributed by atoms with van der Waals surface area (Å²) < 4.78 is 7.69. The average Bonchev–Trinajstić information content (AvgIpc) is 3.64. The van der Waals surface area contributed by atoms with Gasteiger partial charge in [0.25, 0.3) is 6.71 Å². The predicted octanol–water partition coefficient (Wildman–Crippen LogP) is 16.2.